The normalized spacial score (nSPS) is 47.7. The lowest BCUT2D eigenvalue weighted by molar-refractivity contribution is -0.138. The summed E-state index contributed by atoms with van der Waals surface area (Å²) in [7, 11) is 0. The predicted molar refractivity (Wildman–Crippen MR) is 33.9 cm³/mol. The van der Waals surface area contributed by atoms with E-state index in [1.807, 2.05) is 0 Å². The Balaban J connectivity index is 1.94. The highest BCUT2D eigenvalue weighted by molar-refractivity contribution is 5.85. The molecule has 1 heterocycles. The van der Waals surface area contributed by atoms with Crippen LogP contribution in [-0.2, 0) is 4.79 Å². The minimum atomic E-state index is 0.238. The van der Waals surface area contributed by atoms with Crippen molar-refractivity contribution >= 4 is 5.91 Å². The van der Waals surface area contributed by atoms with E-state index in [4.69, 9.17) is 0 Å². The smallest absolute Gasteiger partial charge is 0.222 e. The molecule has 2 fully saturated rings. The van der Waals surface area contributed by atoms with Crippen LogP contribution in [0.3, 0.4) is 0 Å². The van der Waals surface area contributed by atoms with E-state index in [1.165, 1.54) is 12.8 Å². The van der Waals surface area contributed by atoms with Gasteiger partial charge < -0.3 is 5.32 Å². The van der Waals surface area contributed by atoms with Crippen molar-refractivity contribution in [1.29, 1.82) is 0 Å². The van der Waals surface area contributed by atoms with Gasteiger partial charge in [0.15, 0.2) is 0 Å². The number of carbonyl (C=O) groups is 1. The predicted octanol–water partition coefficient (Wildman–Crippen LogP) is 0.675. The molecule has 2 nitrogen and oxygen atoms in total. The zero-order valence-corrected chi connectivity index (χ0v) is 5.61. The SMILES string of the molecule is CC1CC2(CC(=O)N2)C1. The molecule has 0 aromatic rings. The van der Waals surface area contributed by atoms with Crippen molar-refractivity contribution in [1.82, 2.24) is 5.32 Å². The van der Waals surface area contributed by atoms with Gasteiger partial charge in [-0.2, -0.15) is 0 Å². The maximum atomic E-state index is 10.5. The van der Waals surface area contributed by atoms with Gasteiger partial charge >= 0.3 is 0 Å². The van der Waals surface area contributed by atoms with Crippen molar-refractivity contribution < 1.29 is 4.79 Å². The van der Waals surface area contributed by atoms with Crippen LogP contribution in [0.4, 0.5) is 0 Å². The Morgan fingerprint density at radius 2 is 2.22 bits per heavy atom. The number of nitrogens with one attached hydrogen (secondary N) is 1. The molecule has 1 amide bonds. The highest BCUT2D eigenvalue weighted by atomic mass is 16.2. The summed E-state index contributed by atoms with van der Waals surface area (Å²) in [6.07, 6.45) is 3.20. The summed E-state index contributed by atoms with van der Waals surface area (Å²) in [5, 5.41) is 2.95. The molecule has 2 heteroatoms. The van der Waals surface area contributed by atoms with Gasteiger partial charge in [-0.1, -0.05) is 6.92 Å². The molecule has 1 N–H and O–H groups in total. The Labute approximate surface area is 54.6 Å². The maximum absolute atomic E-state index is 10.5. The van der Waals surface area contributed by atoms with Gasteiger partial charge in [-0.3, -0.25) is 4.79 Å². The number of rotatable bonds is 0. The Hall–Kier alpha value is -0.530. The van der Waals surface area contributed by atoms with E-state index in [1.54, 1.807) is 0 Å². The van der Waals surface area contributed by atoms with E-state index in [2.05, 4.69) is 12.2 Å². The van der Waals surface area contributed by atoms with Gasteiger partial charge in [-0.25, -0.2) is 0 Å². The van der Waals surface area contributed by atoms with Crippen molar-refractivity contribution in [2.45, 2.75) is 31.7 Å². The molecule has 0 unspecified atom stereocenters. The molecule has 0 atom stereocenters. The fraction of sp³-hybridized carbons (Fsp3) is 0.857. The molecule has 0 aromatic heterocycles. The van der Waals surface area contributed by atoms with Crippen molar-refractivity contribution in [3.8, 4) is 0 Å². The summed E-state index contributed by atoms with van der Waals surface area (Å²) in [6.45, 7) is 2.23. The van der Waals surface area contributed by atoms with Crippen LogP contribution < -0.4 is 5.32 Å². The van der Waals surface area contributed by atoms with E-state index < -0.39 is 0 Å². The van der Waals surface area contributed by atoms with E-state index in [9.17, 15) is 4.79 Å². The number of β-lactam (4-membered cyclic amide) rings is 1. The average molecular weight is 125 g/mol. The Bertz CT molecular complexity index is 148. The summed E-state index contributed by atoms with van der Waals surface area (Å²) in [5.74, 6) is 1.08. The lowest BCUT2D eigenvalue weighted by atomic mass is 9.63. The Morgan fingerprint density at radius 1 is 1.67 bits per heavy atom. The molecular formula is C7H11NO. The molecule has 1 aliphatic carbocycles. The highest BCUT2D eigenvalue weighted by Crippen LogP contribution is 2.44. The van der Waals surface area contributed by atoms with Gasteiger partial charge in [-0.15, -0.1) is 0 Å². The summed E-state index contributed by atoms with van der Waals surface area (Å²) >= 11 is 0. The van der Waals surface area contributed by atoms with Crippen LogP contribution in [0, 0.1) is 5.92 Å². The van der Waals surface area contributed by atoms with Gasteiger partial charge in [0.05, 0.1) is 0 Å². The molecule has 1 saturated carbocycles. The molecule has 0 aromatic carbocycles. The number of carbonyl (C=O) groups excluding carboxylic acids is 1. The third kappa shape index (κ3) is 0.590. The molecule has 2 aliphatic rings. The van der Waals surface area contributed by atoms with Crippen molar-refractivity contribution in [2.24, 2.45) is 5.92 Å². The molecule has 0 bridgehead atoms. The topological polar surface area (TPSA) is 29.1 Å². The third-order valence-electron chi connectivity index (χ3n) is 2.38. The first kappa shape index (κ1) is 5.27. The van der Waals surface area contributed by atoms with Crippen molar-refractivity contribution in [2.75, 3.05) is 0 Å². The summed E-state index contributed by atoms with van der Waals surface area (Å²) < 4.78 is 0. The fourth-order valence-corrected chi connectivity index (χ4v) is 2.11. The zero-order chi connectivity index (χ0) is 6.48. The number of amides is 1. The van der Waals surface area contributed by atoms with Crippen LogP contribution in [0.2, 0.25) is 0 Å². The van der Waals surface area contributed by atoms with E-state index >= 15 is 0 Å². The van der Waals surface area contributed by atoms with Gasteiger partial charge in [0.1, 0.15) is 0 Å². The Kier molecular flexibility index (Phi) is 0.765. The fourth-order valence-electron chi connectivity index (χ4n) is 2.11. The van der Waals surface area contributed by atoms with Crippen molar-refractivity contribution in [3.63, 3.8) is 0 Å². The first-order chi connectivity index (χ1) is 4.20. The highest BCUT2D eigenvalue weighted by Gasteiger charge is 2.50. The maximum Gasteiger partial charge on any atom is 0.222 e. The summed E-state index contributed by atoms with van der Waals surface area (Å²) in [5.41, 5.74) is 0.288. The molecule has 50 valence electrons. The standard InChI is InChI=1S/C7H11NO/c1-5-2-7(3-5)4-6(9)8-7/h5H,2-4H2,1H3,(H,8,9). The van der Waals surface area contributed by atoms with Crippen molar-refractivity contribution in [3.05, 3.63) is 0 Å². The first-order valence-electron chi connectivity index (χ1n) is 3.51. The second-order valence-corrected chi connectivity index (χ2v) is 3.52. The second-order valence-electron chi connectivity index (χ2n) is 3.52. The lowest BCUT2D eigenvalue weighted by Crippen LogP contribution is -2.67. The van der Waals surface area contributed by atoms with Gasteiger partial charge in [0.25, 0.3) is 0 Å². The monoisotopic (exact) mass is 125 g/mol. The van der Waals surface area contributed by atoms with E-state index in [0.29, 0.717) is 0 Å². The van der Waals surface area contributed by atoms with Gasteiger partial charge in [0.2, 0.25) is 5.91 Å². The minimum absolute atomic E-state index is 0.238. The molecule has 2 rings (SSSR count). The van der Waals surface area contributed by atoms with Crippen LogP contribution in [0.5, 0.6) is 0 Å². The zero-order valence-electron chi connectivity index (χ0n) is 5.61. The second kappa shape index (κ2) is 1.31. The number of hydrogen-bond donors (Lipinski definition) is 1. The quantitative estimate of drug-likeness (QED) is 0.474. The van der Waals surface area contributed by atoms with Crippen LogP contribution >= 0.6 is 0 Å². The van der Waals surface area contributed by atoms with Crippen LogP contribution in [0.15, 0.2) is 0 Å². The van der Waals surface area contributed by atoms with Crippen LogP contribution in [0.1, 0.15) is 26.2 Å². The summed E-state index contributed by atoms with van der Waals surface area (Å²) in [4.78, 5) is 10.5. The van der Waals surface area contributed by atoms with Crippen LogP contribution in [-0.4, -0.2) is 11.4 Å². The summed E-state index contributed by atoms with van der Waals surface area (Å²) in [6, 6.07) is 0. The molecule has 1 aliphatic heterocycles. The van der Waals surface area contributed by atoms with Crippen LogP contribution in [0.25, 0.3) is 0 Å². The van der Waals surface area contributed by atoms with E-state index in [-0.39, 0.29) is 11.4 Å². The molecule has 0 radical (unpaired) electrons. The average Bonchev–Trinajstić information content (AvgIpc) is 1.58. The largest absolute Gasteiger partial charge is 0.350 e. The lowest BCUT2D eigenvalue weighted by Gasteiger charge is -2.52. The first-order valence-corrected chi connectivity index (χ1v) is 3.51. The molecule has 1 saturated heterocycles. The minimum Gasteiger partial charge on any atom is -0.350 e. The number of hydrogen-bond acceptors (Lipinski definition) is 1. The molecular weight excluding hydrogens is 114 g/mol. The van der Waals surface area contributed by atoms with E-state index in [0.717, 1.165) is 12.3 Å². The molecule has 9 heavy (non-hydrogen) atoms. The van der Waals surface area contributed by atoms with Gasteiger partial charge in [0, 0.05) is 12.0 Å². The van der Waals surface area contributed by atoms with Gasteiger partial charge in [-0.05, 0) is 18.8 Å². The Morgan fingerprint density at radius 3 is 2.56 bits per heavy atom. The third-order valence-corrected chi connectivity index (χ3v) is 2.38. The molecule has 1 spiro atoms.